The number of aliphatic hydroxyl groups excluding tert-OH is 2. The summed E-state index contributed by atoms with van der Waals surface area (Å²) in [5.41, 5.74) is 7.39. The summed E-state index contributed by atoms with van der Waals surface area (Å²) in [7, 11) is 5.82. The lowest BCUT2D eigenvalue weighted by atomic mass is 9.78. The zero-order chi connectivity index (χ0) is 64.4. The van der Waals surface area contributed by atoms with Gasteiger partial charge in [-0.05, 0) is 112 Å². The highest BCUT2D eigenvalue weighted by molar-refractivity contribution is 6.62. The van der Waals surface area contributed by atoms with E-state index in [1.54, 1.807) is 81.0 Å². The van der Waals surface area contributed by atoms with Gasteiger partial charge in [-0.2, -0.15) is 10.5 Å². The fourth-order valence-electron chi connectivity index (χ4n) is 10.2. The monoisotopic (exact) mass is 1280 g/mol. The average molecular weight is 1290 g/mol. The van der Waals surface area contributed by atoms with Crippen molar-refractivity contribution in [1.82, 2.24) is 19.8 Å². The summed E-state index contributed by atoms with van der Waals surface area (Å²) in [4.78, 5) is 36.6. The molecule has 11 rings (SSSR count). The van der Waals surface area contributed by atoms with E-state index in [1.165, 1.54) is 30.2 Å². The predicted molar refractivity (Wildman–Crippen MR) is 344 cm³/mol. The fraction of sp³-hybridized carbons (Fsp3) is 0.364. The highest BCUT2D eigenvalue weighted by Crippen LogP contribution is 2.43. The molecule has 90 heavy (non-hydrogen) atoms. The number of anilines is 1. The van der Waals surface area contributed by atoms with Crippen LogP contribution in [0.5, 0.6) is 17.2 Å². The molecule has 3 saturated heterocycles. The molecule has 0 aliphatic carbocycles. The maximum Gasteiger partial charge on any atom is 0.494 e. The van der Waals surface area contributed by atoms with Crippen molar-refractivity contribution in [1.29, 1.82) is 10.5 Å². The Morgan fingerprint density at radius 2 is 1.19 bits per heavy atom. The van der Waals surface area contributed by atoms with Crippen LogP contribution in [0.25, 0.3) is 56.0 Å². The van der Waals surface area contributed by atoms with Crippen molar-refractivity contribution in [3.8, 4) is 63.2 Å². The molecule has 0 spiro atoms. The van der Waals surface area contributed by atoms with Gasteiger partial charge in [0.2, 0.25) is 0 Å². The molecule has 3 aliphatic rings. The standard InChI is InChI=1S/C30H28ClN3O6.C18H25BN2O3.C18H16Cl2N2O4/c1-34(9-10-35)30(36)19-3-5-22(26(14-19)37-2)27-15-24-29(40-27)28(23(31)17-33-24)18-4-6-25(20(13-18)16-32)39-21-7-11-38-12-8-21;1-17(2)18(3,4)24-19(23-17)14-5-6-16(13(11-14)12-20)21-15-7-9-22-10-8-15;1-22(5-6-23)18(24)10-3-4-11(14(7-10)25-2)15-8-13-17(26-15)16(20)12(19)9-21-13/h3-6,13-15,17,21,35H,7-12H2,1-2H3;5-6,11,15,21H,7-10H2,1-4H3;3-4,7-9,23H,5-6H2,1-2H3. The number of carbonyl (C=O) groups excluding carboxylic acids is 2. The largest absolute Gasteiger partial charge is 0.496 e. The molecule has 24 heteroatoms. The number of nitrogens with zero attached hydrogens (tertiary/aromatic N) is 6. The summed E-state index contributed by atoms with van der Waals surface area (Å²) < 4.78 is 52.1. The van der Waals surface area contributed by atoms with Crippen molar-refractivity contribution in [2.75, 3.05) is 86.4 Å². The summed E-state index contributed by atoms with van der Waals surface area (Å²) in [6, 6.07) is 29.6. The zero-order valence-electron chi connectivity index (χ0n) is 51.2. The first kappa shape index (κ1) is 66.5. The van der Waals surface area contributed by atoms with Gasteiger partial charge in [-0.3, -0.25) is 19.6 Å². The summed E-state index contributed by atoms with van der Waals surface area (Å²) in [5, 5.41) is 42.0. The third kappa shape index (κ3) is 14.9. The van der Waals surface area contributed by atoms with E-state index < -0.39 is 7.12 Å². The van der Waals surface area contributed by atoms with E-state index in [1.807, 2.05) is 52.0 Å². The van der Waals surface area contributed by atoms with Crippen LogP contribution >= 0.6 is 34.8 Å². The Balaban J connectivity index is 0.000000168. The molecule has 470 valence electrons. The van der Waals surface area contributed by atoms with Crippen molar-refractivity contribution in [3.05, 3.63) is 135 Å². The topological polar surface area (TPSA) is 257 Å². The van der Waals surface area contributed by atoms with Gasteiger partial charge < -0.3 is 67.2 Å². The SMILES string of the molecule is CC1(C)OB(c2ccc(NC3CCOCC3)c(C#N)c2)OC1(C)C.COc1cc(C(=O)N(C)CCO)ccc1-c1cc2ncc(Cl)c(-c3ccc(OC4CCOCC4)c(C#N)c3)c2o1.COc1cc(C(=O)N(C)CCO)ccc1-c1cc2ncc(Cl)c(Cl)c2o1. The third-order valence-electron chi connectivity index (χ3n) is 16.0. The van der Waals surface area contributed by atoms with E-state index in [-0.39, 0.29) is 55.4 Å². The number of amides is 2. The first-order chi connectivity index (χ1) is 43.2. The first-order valence-electron chi connectivity index (χ1n) is 29.2. The molecule has 3 aliphatic heterocycles. The number of pyridine rings is 2. The lowest BCUT2D eigenvalue weighted by molar-refractivity contribution is 0.00578. The van der Waals surface area contributed by atoms with Crippen molar-refractivity contribution >= 4 is 87.1 Å². The van der Waals surface area contributed by atoms with Gasteiger partial charge >= 0.3 is 7.12 Å². The number of aliphatic hydroxyl groups is 2. The van der Waals surface area contributed by atoms with Gasteiger partial charge in [0.15, 0.2) is 11.2 Å². The molecule has 3 N–H and O–H groups in total. The Labute approximate surface area is 537 Å². The second-order valence-electron chi connectivity index (χ2n) is 22.6. The number of methoxy groups -OCH3 is 2. The van der Waals surface area contributed by atoms with Gasteiger partial charge in [-0.1, -0.05) is 46.9 Å². The van der Waals surface area contributed by atoms with Gasteiger partial charge in [0.1, 0.15) is 63.1 Å². The minimum absolute atomic E-state index is 0.00212. The first-order valence-corrected chi connectivity index (χ1v) is 30.3. The van der Waals surface area contributed by atoms with Crippen LogP contribution in [-0.4, -0.2) is 153 Å². The van der Waals surface area contributed by atoms with Crippen LogP contribution in [0.15, 0.2) is 106 Å². The molecular weight excluding hydrogens is 1220 g/mol. The number of likely N-dealkylation sites (N-methyl/N-ethyl adjacent to an activating group) is 2. The number of carbonyl (C=O) groups is 2. The molecular formula is C66H69BCl3N7O13. The van der Waals surface area contributed by atoms with E-state index in [4.69, 9.17) is 86.8 Å². The number of fused-ring (bicyclic) bond motifs is 2. The fourth-order valence-corrected chi connectivity index (χ4v) is 10.8. The molecule has 0 atom stereocenters. The second-order valence-corrected chi connectivity index (χ2v) is 23.8. The Morgan fingerprint density at radius 3 is 1.72 bits per heavy atom. The van der Waals surface area contributed by atoms with Crippen molar-refractivity contribution in [3.63, 3.8) is 0 Å². The summed E-state index contributed by atoms with van der Waals surface area (Å²) in [6.07, 6.45) is 6.48. The number of furan rings is 2. The highest BCUT2D eigenvalue weighted by atomic mass is 35.5. The van der Waals surface area contributed by atoms with Gasteiger partial charge in [0, 0.05) is 100 Å². The van der Waals surface area contributed by atoms with Crippen LogP contribution in [0.4, 0.5) is 5.69 Å². The Morgan fingerprint density at radius 1 is 0.667 bits per heavy atom. The molecule has 0 saturated carbocycles. The number of hydrogen-bond acceptors (Lipinski definition) is 18. The maximum absolute atomic E-state index is 12.7. The molecule has 2 amide bonds. The van der Waals surface area contributed by atoms with Crippen molar-refractivity contribution < 1.29 is 61.6 Å². The molecule has 4 aromatic heterocycles. The van der Waals surface area contributed by atoms with Gasteiger partial charge in [-0.25, -0.2) is 0 Å². The normalized spacial score (nSPS) is 15.4. The summed E-state index contributed by atoms with van der Waals surface area (Å²) in [5.74, 6) is 1.94. The van der Waals surface area contributed by atoms with Gasteiger partial charge in [0.05, 0.1) is 89.8 Å². The van der Waals surface area contributed by atoms with E-state index in [0.717, 1.165) is 50.0 Å². The predicted octanol–water partition coefficient (Wildman–Crippen LogP) is 11.6. The van der Waals surface area contributed by atoms with Gasteiger partial charge in [0.25, 0.3) is 11.8 Å². The van der Waals surface area contributed by atoms with Crippen LogP contribution in [0, 0.1) is 22.7 Å². The number of rotatable bonds is 16. The van der Waals surface area contributed by atoms with E-state index in [0.29, 0.717) is 130 Å². The average Bonchev–Trinajstić information content (AvgIpc) is 1.63. The number of aromatic nitrogens is 2. The number of nitrogens with one attached hydrogen (secondary N) is 1. The summed E-state index contributed by atoms with van der Waals surface area (Å²) in [6.45, 7) is 11.2. The minimum atomic E-state index is -0.445. The van der Waals surface area contributed by atoms with E-state index >= 15 is 0 Å². The Hall–Kier alpha value is -7.93. The maximum atomic E-state index is 12.7. The van der Waals surface area contributed by atoms with E-state index in [9.17, 15) is 20.1 Å². The summed E-state index contributed by atoms with van der Waals surface area (Å²) >= 11 is 18.8. The van der Waals surface area contributed by atoms with Crippen LogP contribution in [0.3, 0.4) is 0 Å². The number of benzene rings is 4. The molecule has 7 heterocycles. The Kier molecular flexibility index (Phi) is 21.7. The lowest BCUT2D eigenvalue weighted by Gasteiger charge is -2.32. The molecule has 8 aromatic rings. The number of ether oxygens (including phenoxy) is 5. The third-order valence-corrected chi connectivity index (χ3v) is 17.1. The second kappa shape index (κ2) is 29.4. The van der Waals surface area contributed by atoms with Gasteiger partial charge in [-0.15, -0.1) is 0 Å². The van der Waals surface area contributed by atoms with Crippen LogP contribution < -0.4 is 25.0 Å². The smallest absolute Gasteiger partial charge is 0.494 e. The number of nitriles is 2. The molecule has 4 aromatic carbocycles. The highest BCUT2D eigenvalue weighted by Gasteiger charge is 2.52. The molecule has 0 bridgehead atoms. The minimum Gasteiger partial charge on any atom is -0.496 e. The molecule has 0 unspecified atom stereocenters. The van der Waals surface area contributed by atoms with Crippen LogP contribution in [0.2, 0.25) is 15.1 Å². The van der Waals surface area contributed by atoms with Crippen LogP contribution in [-0.2, 0) is 18.8 Å². The van der Waals surface area contributed by atoms with Crippen molar-refractivity contribution in [2.45, 2.75) is 76.7 Å². The lowest BCUT2D eigenvalue weighted by Crippen LogP contribution is -2.41. The van der Waals surface area contributed by atoms with E-state index in [2.05, 4.69) is 27.4 Å². The van der Waals surface area contributed by atoms with Crippen LogP contribution in [0.1, 0.15) is 85.2 Å². The molecule has 0 radical (unpaired) electrons. The number of hydrogen-bond donors (Lipinski definition) is 3. The van der Waals surface area contributed by atoms with Crippen molar-refractivity contribution in [2.24, 2.45) is 0 Å². The molecule has 20 nitrogen and oxygen atoms in total. The quantitative estimate of drug-likeness (QED) is 0.0760. The zero-order valence-corrected chi connectivity index (χ0v) is 53.4. The molecule has 3 fully saturated rings. The Bertz CT molecular complexity index is 3970. The number of halogens is 3.